The summed E-state index contributed by atoms with van der Waals surface area (Å²) >= 11 is 0. The van der Waals surface area contributed by atoms with Crippen LogP contribution in [0.2, 0.25) is 0 Å². The van der Waals surface area contributed by atoms with E-state index >= 15 is 0 Å². The molecule has 0 spiro atoms. The minimum atomic E-state index is 1.39. The van der Waals surface area contributed by atoms with Crippen molar-refractivity contribution in [2.75, 3.05) is 0 Å². The summed E-state index contributed by atoms with van der Waals surface area (Å²) in [6.45, 7) is 0. The zero-order valence-electron chi connectivity index (χ0n) is 2.94. The van der Waals surface area contributed by atoms with Crippen LogP contribution in [0.15, 0.2) is 0 Å². The molecule has 0 aromatic rings. The summed E-state index contributed by atoms with van der Waals surface area (Å²) in [6.07, 6.45) is 2.79. The second-order valence-electron chi connectivity index (χ2n) is 1.20. The van der Waals surface area contributed by atoms with Crippen molar-refractivity contribution < 1.29 is 0 Å². The minimum absolute atomic E-state index is 1.39. The monoisotopic (exact) mass is 104 g/mol. The quantitative estimate of drug-likeness (QED) is 0.410. The van der Waals surface area contributed by atoms with E-state index in [-0.39, 0.29) is 0 Å². The molecule has 0 aliphatic heterocycles. The predicted molar refractivity (Wildman–Crippen MR) is 30.9 cm³/mol. The highest BCUT2D eigenvalue weighted by Crippen LogP contribution is 2.26. The van der Waals surface area contributed by atoms with Gasteiger partial charge in [-0.15, -0.1) is 0 Å². The van der Waals surface area contributed by atoms with Crippen LogP contribution in [0.4, 0.5) is 0 Å². The Hall–Kier alpha value is 0.600. The van der Waals surface area contributed by atoms with Gasteiger partial charge in [-0.3, -0.25) is 0 Å². The van der Waals surface area contributed by atoms with Gasteiger partial charge in [-0.2, -0.15) is 0 Å². The van der Waals surface area contributed by atoms with Crippen molar-refractivity contribution in [3.8, 4) is 0 Å². The zero-order valence-corrected chi connectivity index (χ0v) is 4.99. The molecule has 1 saturated carbocycles. The van der Waals surface area contributed by atoms with Crippen LogP contribution < -0.4 is 0 Å². The maximum atomic E-state index is 2.69. The highest BCUT2D eigenvalue weighted by Gasteiger charge is 2.08. The van der Waals surface area contributed by atoms with E-state index in [4.69, 9.17) is 0 Å². The Bertz CT molecular complexity index is 59.3. The van der Waals surface area contributed by atoms with Gasteiger partial charge in [0.15, 0.2) is 0 Å². The molecule has 0 nitrogen and oxygen atoms in total. The summed E-state index contributed by atoms with van der Waals surface area (Å²) in [4.78, 5) is 0. The molecule has 1 rings (SSSR count). The average Bonchev–Trinajstić information content (AvgIpc) is 2.12. The fourth-order valence-corrected chi connectivity index (χ4v) is 1.33. The SMILES string of the molecule is PP=C1CC1. The zero-order chi connectivity index (χ0) is 3.70. The molecule has 28 valence electrons. The highest BCUT2D eigenvalue weighted by molar-refractivity contribution is 8.02. The Morgan fingerprint density at radius 3 is 2.20 bits per heavy atom. The van der Waals surface area contributed by atoms with Crippen molar-refractivity contribution in [3.63, 3.8) is 0 Å². The smallest absolute Gasteiger partial charge is 0.0233 e. The lowest BCUT2D eigenvalue weighted by Gasteiger charge is -1.52. The Morgan fingerprint density at radius 2 is 2.20 bits per heavy atom. The summed E-state index contributed by atoms with van der Waals surface area (Å²) in [5.41, 5.74) is 0. The first kappa shape index (κ1) is 3.78. The number of rotatable bonds is 0. The minimum Gasteiger partial charge on any atom is -0.0838 e. The maximum absolute atomic E-state index is 2.69. The molecule has 0 amide bonds. The van der Waals surface area contributed by atoms with E-state index in [0.717, 1.165) is 0 Å². The van der Waals surface area contributed by atoms with Crippen molar-refractivity contribution in [1.82, 2.24) is 0 Å². The molecular formula is C3H6P2. The Balaban J connectivity index is 2.46. The van der Waals surface area contributed by atoms with Gasteiger partial charge < -0.3 is 0 Å². The van der Waals surface area contributed by atoms with E-state index in [9.17, 15) is 0 Å². The largest absolute Gasteiger partial charge is 0.0838 e. The second-order valence-corrected chi connectivity index (χ2v) is 2.86. The molecule has 2 heteroatoms. The van der Waals surface area contributed by atoms with Crippen LogP contribution in [0, 0.1) is 0 Å². The molecule has 0 N–H and O–H groups in total. The molecule has 1 fully saturated rings. The van der Waals surface area contributed by atoms with Crippen molar-refractivity contribution in [2.24, 2.45) is 0 Å². The highest BCUT2D eigenvalue weighted by atomic mass is 32.0. The predicted octanol–water partition coefficient (Wildman–Crippen LogP) is 1.69. The Morgan fingerprint density at radius 1 is 1.60 bits per heavy atom. The standard InChI is InChI=1S/C3H6P2/c4-5-3-1-2-3/h1-2,4H2. The van der Waals surface area contributed by atoms with Crippen LogP contribution in [0.3, 0.4) is 0 Å². The second kappa shape index (κ2) is 1.37. The number of hydrogen-bond acceptors (Lipinski definition) is 0. The summed E-state index contributed by atoms with van der Waals surface area (Å²) in [5.74, 6) is 0. The first-order valence-corrected chi connectivity index (χ1v) is 4.20. The Kier molecular flexibility index (Phi) is 1.03. The van der Waals surface area contributed by atoms with Gasteiger partial charge in [0, 0.05) is 0 Å². The van der Waals surface area contributed by atoms with E-state index in [0.29, 0.717) is 0 Å². The molecular weight excluding hydrogens is 98.0 g/mol. The average molecular weight is 104 g/mol. The van der Waals surface area contributed by atoms with Crippen LogP contribution >= 0.6 is 16.8 Å². The normalized spacial score (nSPS) is 20.6. The van der Waals surface area contributed by atoms with Gasteiger partial charge in [0.1, 0.15) is 0 Å². The van der Waals surface area contributed by atoms with Gasteiger partial charge in [0.25, 0.3) is 0 Å². The van der Waals surface area contributed by atoms with E-state index < -0.39 is 0 Å². The lowest BCUT2D eigenvalue weighted by atomic mass is 11.0. The van der Waals surface area contributed by atoms with Crippen molar-refractivity contribution >= 4 is 22.1 Å². The van der Waals surface area contributed by atoms with Gasteiger partial charge in [0.2, 0.25) is 0 Å². The summed E-state index contributed by atoms with van der Waals surface area (Å²) in [5, 5.41) is 1.69. The molecule has 0 aromatic carbocycles. The molecule has 1 atom stereocenters. The molecule has 1 aliphatic carbocycles. The fraction of sp³-hybridized carbons (Fsp3) is 0.667. The third-order valence-electron chi connectivity index (χ3n) is 0.656. The van der Waals surface area contributed by atoms with E-state index in [1.165, 1.54) is 20.7 Å². The summed E-state index contributed by atoms with van der Waals surface area (Å²) in [7, 11) is 4.13. The van der Waals surface area contributed by atoms with Crippen molar-refractivity contribution in [1.29, 1.82) is 0 Å². The van der Waals surface area contributed by atoms with E-state index in [2.05, 4.69) is 8.93 Å². The van der Waals surface area contributed by atoms with Gasteiger partial charge in [0.05, 0.1) is 0 Å². The van der Waals surface area contributed by atoms with Crippen molar-refractivity contribution in [3.05, 3.63) is 0 Å². The van der Waals surface area contributed by atoms with Crippen LogP contribution in [-0.2, 0) is 0 Å². The Labute approximate surface area is 35.9 Å². The molecule has 1 unspecified atom stereocenters. The molecule has 0 radical (unpaired) electrons. The van der Waals surface area contributed by atoms with Gasteiger partial charge in [-0.05, 0) is 18.1 Å². The number of hydrogen-bond donors (Lipinski definition) is 0. The molecule has 0 heterocycles. The molecule has 5 heavy (non-hydrogen) atoms. The van der Waals surface area contributed by atoms with Gasteiger partial charge in [-0.1, -0.05) is 16.8 Å². The fourth-order valence-electron chi connectivity index (χ4n) is 0.185. The van der Waals surface area contributed by atoms with Gasteiger partial charge in [-0.25, -0.2) is 0 Å². The van der Waals surface area contributed by atoms with E-state index in [1.54, 1.807) is 5.29 Å². The topological polar surface area (TPSA) is 0 Å². The molecule has 0 saturated heterocycles. The first-order chi connectivity index (χ1) is 2.43. The van der Waals surface area contributed by atoms with Crippen molar-refractivity contribution in [2.45, 2.75) is 12.8 Å². The van der Waals surface area contributed by atoms with Crippen LogP contribution in [0.5, 0.6) is 0 Å². The lowest BCUT2D eigenvalue weighted by molar-refractivity contribution is 1.50. The summed E-state index contributed by atoms with van der Waals surface area (Å²) in [6, 6.07) is 0. The molecule has 0 bridgehead atoms. The lowest BCUT2D eigenvalue weighted by Crippen LogP contribution is -1.36. The molecule has 0 aromatic heterocycles. The van der Waals surface area contributed by atoms with Crippen LogP contribution in [0.1, 0.15) is 12.8 Å². The van der Waals surface area contributed by atoms with Crippen LogP contribution in [0.25, 0.3) is 0 Å². The third-order valence-corrected chi connectivity index (χ3v) is 2.56. The van der Waals surface area contributed by atoms with Crippen LogP contribution in [-0.4, -0.2) is 5.29 Å². The summed E-state index contributed by atoms with van der Waals surface area (Å²) < 4.78 is 0. The van der Waals surface area contributed by atoms with Gasteiger partial charge >= 0.3 is 0 Å². The third kappa shape index (κ3) is 0.992. The first-order valence-electron chi connectivity index (χ1n) is 1.69. The maximum Gasteiger partial charge on any atom is -0.0233 e. The van der Waals surface area contributed by atoms with E-state index in [1.807, 2.05) is 0 Å². The molecule has 1 aliphatic rings.